The lowest BCUT2D eigenvalue weighted by molar-refractivity contribution is -0.125. The van der Waals surface area contributed by atoms with E-state index >= 15 is 0 Å². The molecule has 1 N–H and O–H groups in total. The van der Waals surface area contributed by atoms with E-state index in [0.29, 0.717) is 18.1 Å². The van der Waals surface area contributed by atoms with Crippen LogP contribution in [-0.4, -0.2) is 44.7 Å². The number of para-hydroxylation sites is 1. The Balaban J connectivity index is 1.59. The first-order chi connectivity index (χ1) is 11.9. The van der Waals surface area contributed by atoms with Gasteiger partial charge < -0.3 is 10.2 Å². The van der Waals surface area contributed by atoms with E-state index in [0.717, 1.165) is 42.1 Å². The number of carbonyl (C=O) groups excluding carboxylic acids is 1. The highest BCUT2D eigenvalue weighted by Crippen LogP contribution is 2.34. The molecule has 0 spiro atoms. The number of thiazole rings is 1. The third kappa shape index (κ3) is 3.50. The molecule has 134 valence electrons. The van der Waals surface area contributed by atoms with Crippen LogP contribution in [0.1, 0.15) is 25.7 Å². The third-order valence-electron chi connectivity index (χ3n) is 4.76. The number of fused-ring (bicyclic) bond motifs is 1. The van der Waals surface area contributed by atoms with E-state index in [4.69, 9.17) is 0 Å². The van der Waals surface area contributed by atoms with E-state index in [9.17, 15) is 13.2 Å². The Kier molecular flexibility index (Phi) is 4.19. The number of benzene rings is 1. The number of rotatable bonds is 4. The Labute approximate surface area is 151 Å². The van der Waals surface area contributed by atoms with E-state index in [1.54, 1.807) is 12.1 Å². The second-order valence-corrected chi connectivity index (χ2v) is 9.93. The summed E-state index contributed by atoms with van der Waals surface area (Å²) in [5.41, 5.74) is 0.537. The molecule has 4 rings (SSSR count). The predicted octanol–water partition coefficient (Wildman–Crippen LogP) is 2.19. The fourth-order valence-electron chi connectivity index (χ4n) is 3.26. The first-order valence-corrected chi connectivity index (χ1v) is 11.3. The molecule has 6 nitrogen and oxygen atoms in total. The van der Waals surface area contributed by atoms with Crippen LogP contribution in [0, 0.1) is 5.92 Å². The number of aromatic nitrogens is 1. The van der Waals surface area contributed by atoms with Gasteiger partial charge in [0.1, 0.15) is 5.52 Å². The fraction of sp³-hybridized carbons (Fsp3) is 0.529. The van der Waals surface area contributed by atoms with Crippen LogP contribution >= 0.6 is 11.3 Å². The van der Waals surface area contributed by atoms with E-state index in [1.807, 2.05) is 6.07 Å². The zero-order valence-electron chi connectivity index (χ0n) is 14.1. The normalized spacial score (nSPS) is 21.5. The quantitative estimate of drug-likeness (QED) is 0.881. The molecule has 1 aromatic carbocycles. The molecule has 1 saturated heterocycles. The van der Waals surface area contributed by atoms with Crippen molar-refractivity contribution in [1.82, 2.24) is 10.3 Å². The molecule has 1 atom stereocenters. The highest BCUT2D eigenvalue weighted by Gasteiger charge is 2.31. The van der Waals surface area contributed by atoms with E-state index in [2.05, 4.69) is 15.2 Å². The van der Waals surface area contributed by atoms with Crippen molar-refractivity contribution in [3.05, 3.63) is 18.2 Å². The van der Waals surface area contributed by atoms with Gasteiger partial charge in [0, 0.05) is 25.4 Å². The standard InChI is InChI=1S/C17H21N3O3S2/c1-25(22,23)14-6-2-5-13-15(14)19-17(24-13)20-9-3-4-11(10-20)16(21)18-12-7-8-12/h2,5-6,11-12H,3-4,7-10H2,1H3,(H,18,21). The zero-order chi connectivity index (χ0) is 17.6. The van der Waals surface area contributed by atoms with E-state index < -0.39 is 9.84 Å². The first kappa shape index (κ1) is 16.8. The van der Waals surface area contributed by atoms with E-state index in [1.165, 1.54) is 17.6 Å². The predicted molar refractivity (Wildman–Crippen MR) is 98.8 cm³/mol. The van der Waals surface area contributed by atoms with Gasteiger partial charge in [0.05, 0.1) is 15.5 Å². The molecule has 0 radical (unpaired) electrons. The van der Waals surface area contributed by atoms with Crippen LogP contribution in [0.4, 0.5) is 5.13 Å². The summed E-state index contributed by atoms with van der Waals surface area (Å²) in [7, 11) is -3.32. The molecule has 2 aromatic rings. The van der Waals surface area contributed by atoms with Crippen LogP contribution in [-0.2, 0) is 14.6 Å². The van der Waals surface area contributed by atoms with Crippen LogP contribution in [0.25, 0.3) is 10.2 Å². The number of amides is 1. The molecule has 2 aliphatic rings. The minimum atomic E-state index is -3.32. The smallest absolute Gasteiger partial charge is 0.225 e. The van der Waals surface area contributed by atoms with Gasteiger partial charge in [-0.15, -0.1) is 0 Å². The Morgan fingerprint density at radius 3 is 2.84 bits per heavy atom. The van der Waals surface area contributed by atoms with Crippen molar-refractivity contribution in [3.63, 3.8) is 0 Å². The average Bonchev–Trinajstić information content (AvgIpc) is 3.28. The molecule has 1 aromatic heterocycles. The molecule has 1 aliphatic heterocycles. The zero-order valence-corrected chi connectivity index (χ0v) is 15.7. The number of nitrogens with zero attached hydrogens (tertiary/aromatic N) is 2. The maximum absolute atomic E-state index is 12.3. The lowest BCUT2D eigenvalue weighted by Crippen LogP contribution is -2.43. The molecule has 2 fully saturated rings. The summed E-state index contributed by atoms with van der Waals surface area (Å²) >= 11 is 1.49. The van der Waals surface area contributed by atoms with Crippen LogP contribution in [0.2, 0.25) is 0 Å². The lowest BCUT2D eigenvalue weighted by atomic mass is 9.97. The van der Waals surface area contributed by atoms with Crippen molar-refractivity contribution in [3.8, 4) is 0 Å². The van der Waals surface area contributed by atoms with Crippen molar-refractivity contribution in [2.45, 2.75) is 36.6 Å². The van der Waals surface area contributed by atoms with Crippen molar-refractivity contribution in [2.24, 2.45) is 5.92 Å². The van der Waals surface area contributed by atoms with Crippen molar-refractivity contribution < 1.29 is 13.2 Å². The van der Waals surface area contributed by atoms with Gasteiger partial charge in [-0.05, 0) is 37.8 Å². The maximum atomic E-state index is 12.3. The van der Waals surface area contributed by atoms with Crippen LogP contribution in [0.3, 0.4) is 0 Å². The van der Waals surface area contributed by atoms with Gasteiger partial charge in [-0.2, -0.15) is 0 Å². The molecule has 2 heterocycles. The minimum Gasteiger partial charge on any atom is -0.353 e. The number of hydrogen-bond acceptors (Lipinski definition) is 6. The van der Waals surface area contributed by atoms with Crippen LogP contribution in [0.5, 0.6) is 0 Å². The Morgan fingerprint density at radius 2 is 2.12 bits per heavy atom. The largest absolute Gasteiger partial charge is 0.353 e. The second-order valence-electron chi connectivity index (χ2n) is 6.94. The SMILES string of the molecule is CS(=O)(=O)c1cccc2sc(N3CCCC(C(=O)NC4CC4)C3)nc12. The Morgan fingerprint density at radius 1 is 1.32 bits per heavy atom. The Hall–Kier alpha value is -1.67. The van der Waals surface area contributed by atoms with Crippen molar-refractivity contribution >= 4 is 42.4 Å². The van der Waals surface area contributed by atoms with Crippen molar-refractivity contribution in [2.75, 3.05) is 24.2 Å². The van der Waals surface area contributed by atoms with Gasteiger partial charge >= 0.3 is 0 Å². The number of carbonyl (C=O) groups is 1. The fourth-order valence-corrected chi connectivity index (χ4v) is 5.18. The summed E-state index contributed by atoms with van der Waals surface area (Å²) in [6.45, 7) is 1.49. The monoisotopic (exact) mass is 379 g/mol. The van der Waals surface area contributed by atoms with Gasteiger partial charge in [0.15, 0.2) is 15.0 Å². The Bertz CT molecular complexity index is 918. The number of sulfone groups is 1. The topological polar surface area (TPSA) is 79.4 Å². The summed E-state index contributed by atoms with van der Waals surface area (Å²) in [5.74, 6) is 0.126. The molecule has 1 amide bonds. The van der Waals surface area contributed by atoms with Crippen LogP contribution < -0.4 is 10.2 Å². The van der Waals surface area contributed by atoms with Gasteiger partial charge in [-0.3, -0.25) is 4.79 Å². The van der Waals surface area contributed by atoms with Gasteiger partial charge in [-0.25, -0.2) is 13.4 Å². The van der Waals surface area contributed by atoms with Crippen LogP contribution in [0.15, 0.2) is 23.1 Å². The summed E-state index contributed by atoms with van der Waals surface area (Å²) in [5, 5.41) is 3.89. The van der Waals surface area contributed by atoms with Gasteiger partial charge in [0.2, 0.25) is 5.91 Å². The maximum Gasteiger partial charge on any atom is 0.225 e. The molecule has 1 saturated carbocycles. The molecule has 25 heavy (non-hydrogen) atoms. The number of nitrogens with one attached hydrogen (secondary N) is 1. The third-order valence-corrected chi connectivity index (χ3v) is 6.97. The summed E-state index contributed by atoms with van der Waals surface area (Å²) in [6.07, 6.45) is 5.23. The first-order valence-electron chi connectivity index (χ1n) is 8.57. The number of anilines is 1. The van der Waals surface area contributed by atoms with Crippen molar-refractivity contribution in [1.29, 1.82) is 0 Å². The minimum absolute atomic E-state index is 0.0178. The van der Waals surface area contributed by atoms with Gasteiger partial charge in [0.25, 0.3) is 0 Å². The summed E-state index contributed by atoms with van der Waals surface area (Å²) in [4.78, 5) is 19.3. The molecule has 8 heteroatoms. The lowest BCUT2D eigenvalue weighted by Gasteiger charge is -2.31. The molecular weight excluding hydrogens is 358 g/mol. The molecule has 1 unspecified atom stereocenters. The average molecular weight is 380 g/mol. The highest BCUT2D eigenvalue weighted by atomic mass is 32.2. The molecular formula is C17H21N3O3S2. The number of hydrogen-bond donors (Lipinski definition) is 1. The molecule has 0 bridgehead atoms. The number of piperidine rings is 1. The molecule has 1 aliphatic carbocycles. The van der Waals surface area contributed by atoms with Gasteiger partial charge in [-0.1, -0.05) is 17.4 Å². The second kappa shape index (κ2) is 6.25. The van der Waals surface area contributed by atoms with E-state index in [-0.39, 0.29) is 16.7 Å². The summed E-state index contributed by atoms with van der Waals surface area (Å²) in [6, 6.07) is 5.63. The highest BCUT2D eigenvalue weighted by molar-refractivity contribution is 7.91. The summed E-state index contributed by atoms with van der Waals surface area (Å²) < 4.78 is 24.8.